The third-order valence-corrected chi connectivity index (χ3v) is 5.46. The van der Waals surface area contributed by atoms with Crippen LogP contribution in [0.15, 0.2) is 24.5 Å². The van der Waals surface area contributed by atoms with Crippen LogP contribution >= 0.6 is 0 Å². The minimum atomic E-state index is -3.00. The molecule has 1 atom stereocenters. The van der Waals surface area contributed by atoms with E-state index in [0.717, 1.165) is 6.42 Å². The summed E-state index contributed by atoms with van der Waals surface area (Å²) >= 11 is 0. The van der Waals surface area contributed by atoms with Crippen molar-refractivity contribution in [1.29, 1.82) is 0 Å². The molecule has 1 fully saturated rings. The molecule has 20 heavy (non-hydrogen) atoms. The van der Waals surface area contributed by atoms with Gasteiger partial charge in [0.05, 0.1) is 28.8 Å². The van der Waals surface area contributed by atoms with Gasteiger partial charge in [-0.3, -0.25) is 0 Å². The first-order chi connectivity index (χ1) is 9.46. The van der Waals surface area contributed by atoms with Crippen LogP contribution in [-0.4, -0.2) is 40.4 Å². The van der Waals surface area contributed by atoms with Crippen molar-refractivity contribution < 1.29 is 18.3 Å². The molecule has 0 amide bonds. The number of aromatic nitrogens is 2. The Kier molecular flexibility index (Phi) is 3.01. The average molecular weight is 294 g/mol. The Labute approximate surface area is 116 Å². The number of pyridine rings is 1. The second kappa shape index (κ2) is 4.59. The minimum Gasteiger partial charge on any atom is -0.478 e. The van der Waals surface area contributed by atoms with Crippen molar-refractivity contribution >= 4 is 21.3 Å². The van der Waals surface area contributed by atoms with Crippen LogP contribution in [0.25, 0.3) is 5.52 Å². The number of hydrogen-bond acceptors (Lipinski definition) is 4. The molecular formula is C13H14N2O4S. The lowest BCUT2D eigenvalue weighted by atomic mass is 10.0. The quantitative estimate of drug-likeness (QED) is 0.902. The molecule has 3 rings (SSSR count). The Morgan fingerprint density at radius 3 is 2.95 bits per heavy atom. The molecule has 0 spiro atoms. The second-order valence-corrected chi connectivity index (χ2v) is 7.31. The molecule has 0 saturated carbocycles. The molecule has 106 valence electrons. The van der Waals surface area contributed by atoms with E-state index in [4.69, 9.17) is 5.11 Å². The monoisotopic (exact) mass is 294 g/mol. The smallest absolute Gasteiger partial charge is 0.335 e. The SMILES string of the molecule is O=C(O)c1ccn2c(C3CCCS(=O)(=O)C3)ncc2c1. The first kappa shape index (κ1) is 13.1. The summed E-state index contributed by atoms with van der Waals surface area (Å²) in [7, 11) is -3.00. The summed E-state index contributed by atoms with van der Waals surface area (Å²) in [4.78, 5) is 15.2. The number of rotatable bonds is 2. The highest BCUT2D eigenvalue weighted by atomic mass is 32.2. The standard InChI is InChI=1S/C13H14N2O4S/c16-13(17)9-3-4-15-11(6-9)7-14-12(15)10-2-1-5-20(18,19)8-10/h3-4,6-7,10H,1-2,5,8H2,(H,16,17). The van der Waals surface area contributed by atoms with Crippen molar-refractivity contribution in [3.8, 4) is 0 Å². The summed E-state index contributed by atoms with van der Waals surface area (Å²) in [6.07, 6.45) is 4.67. The number of sulfone groups is 1. The normalized spacial score (nSPS) is 21.9. The Hall–Kier alpha value is -1.89. The summed E-state index contributed by atoms with van der Waals surface area (Å²) < 4.78 is 25.2. The zero-order valence-electron chi connectivity index (χ0n) is 10.7. The molecule has 1 aliphatic heterocycles. The third-order valence-electron chi connectivity index (χ3n) is 3.64. The van der Waals surface area contributed by atoms with E-state index in [0.29, 0.717) is 17.8 Å². The molecule has 0 bridgehead atoms. The predicted molar refractivity (Wildman–Crippen MR) is 72.8 cm³/mol. The number of nitrogens with zero attached hydrogens (tertiary/aromatic N) is 2. The van der Waals surface area contributed by atoms with E-state index in [2.05, 4.69) is 4.98 Å². The van der Waals surface area contributed by atoms with Crippen LogP contribution in [0.3, 0.4) is 0 Å². The van der Waals surface area contributed by atoms with Crippen molar-refractivity contribution in [2.45, 2.75) is 18.8 Å². The maximum absolute atomic E-state index is 11.7. The molecule has 7 heteroatoms. The second-order valence-electron chi connectivity index (χ2n) is 5.09. The highest BCUT2D eigenvalue weighted by molar-refractivity contribution is 7.91. The predicted octanol–water partition coefficient (Wildman–Crippen LogP) is 1.32. The lowest BCUT2D eigenvalue weighted by molar-refractivity contribution is 0.0697. The maximum atomic E-state index is 11.7. The van der Waals surface area contributed by atoms with Crippen molar-refractivity contribution in [2.24, 2.45) is 0 Å². The highest BCUT2D eigenvalue weighted by Gasteiger charge is 2.28. The van der Waals surface area contributed by atoms with Gasteiger partial charge in [-0.1, -0.05) is 0 Å². The third kappa shape index (κ3) is 2.29. The Balaban J connectivity index is 2.02. The van der Waals surface area contributed by atoms with Gasteiger partial charge >= 0.3 is 5.97 Å². The van der Waals surface area contributed by atoms with E-state index in [-0.39, 0.29) is 23.0 Å². The molecule has 3 heterocycles. The van der Waals surface area contributed by atoms with Gasteiger partial charge in [0, 0.05) is 12.1 Å². The van der Waals surface area contributed by atoms with E-state index in [1.807, 2.05) is 0 Å². The summed E-state index contributed by atoms with van der Waals surface area (Å²) in [6.45, 7) is 0. The topological polar surface area (TPSA) is 88.7 Å². The Morgan fingerprint density at radius 1 is 1.45 bits per heavy atom. The molecule has 1 unspecified atom stereocenters. The fourth-order valence-electron chi connectivity index (χ4n) is 2.68. The number of carbonyl (C=O) groups is 1. The lowest BCUT2D eigenvalue weighted by Gasteiger charge is -2.20. The van der Waals surface area contributed by atoms with Crippen molar-refractivity contribution in [3.05, 3.63) is 35.9 Å². The van der Waals surface area contributed by atoms with Gasteiger partial charge in [0.2, 0.25) is 0 Å². The van der Waals surface area contributed by atoms with E-state index in [9.17, 15) is 13.2 Å². The van der Waals surface area contributed by atoms with Crippen LogP contribution in [0.4, 0.5) is 0 Å². The largest absolute Gasteiger partial charge is 0.478 e. The van der Waals surface area contributed by atoms with Gasteiger partial charge in [-0.15, -0.1) is 0 Å². The molecule has 0 aromatic carbocycles. The molecule has 1 saturated heterocycles. The van der Waals surface area contributed by atoms with Gasteiger partial charge < -0.3 is 9.51 Å². The van der Waals surface area contributed by atoms with Gasteiger partial charge in [0.15, 0.2) is 9.84 Å². The zero-order chi connectivity index (χ0) is 14.3. The van der Waals surface area contributed by atoms with Crippen LogP contribution in [0.2, 0.25) is 0 Å². The van der Waals surface area contributed by atoms with Crippen molar-refractivity contribution in [3.63, 3.8) is 0 Å². The van der Waals surface area contributed by atoms with Crippen molar-refractivity contribution in [2.75, 3.05) is 11.5 Å². The Bertz CT molecular complexity index is 779. The van der Waals surface area contributed by atoms with Gasteiger partial charge in [0.1, 0.15) is 5.82 Å². The minimum absolute atomic E-state index is 0.118. The summed E-state index contributed by atoms with van der Waals surface area (Å²) in [5, 5.41) is 8.96. The van der Waals surface area contributed by atoms with Gasteiger partial charge in [-0.05, 0) is 25.0 Å². The van der Waals surface area contributed by atoms with Crippen LogP contribution in [-0.2, 0) is 9.84 Å². The van der Waals surface area contributed by atoms with Gasteiger partial charge in [0.25, 0.3) is 0 Å². The number of aromatic carboxylic acids is 1. The summed E-state index contributed by atoms with van der Waals surface area (Å²) in [6, 6.07) is 3.04. The first-order valence-electron chi connectivity index (χ1n) is 6.37. The van der Waals surface area contributed by atoms with E-state index < -0.39 is 15.8 Å². The van der Waals surface area contributed by atoms with Crippen LogP contribution in [0.1, 0.15) is 34.9 Å². The molecule has 1 N–H and O–H groups in total. The van der Waals surface area contributed by atoms with Gasteiger partial charge in [-0.2, -0.15) is 0 Å². The van der Waals surface area contributed by atoms with Crippen LogP contribution < -0.4 is 0 Å². The molecule has 0 aliphatic carbocycles. The number of imidazole rings is 1. The number of carboxylic acids is 1. The number of carboxylic acid groups (broad SMARTS) is 1. The number of hydrogen-bond donors (Lipinski definition) is 1. The van der Waals surface area contributed by atoms with Crippen molar-refractivity contribution in [1.82, 2.24) is 9.38 Å². The number of fused-ring (bicyclic) bond motifs is 1. The van der Waals surface area contributed by atoms with Crippen LogP contribution in [0, 0.1) is 0 Å². The molecule has 1 aliphatic rings. The molecule has 0 radical (unpaired) electrons. The molecular weight excluding hydrogens is 280 g/mol. The molecule has 6 nitrogen and oxygen atoms in total. The first-order valence-corrected chi connectivity index (χ1v) is 8.19. The zero-order valence-corrected chi connectivity index (χ0v) is 11.5. The highest BCUT2D eigenvalue weighted by Crippen LogP contribution is 2.28. The van der Waals surface area contributed by atoms with E-state index >= 15 is 0 Å². The fourth-order valence-corrected chi connectivity index (χ4v) is 4.38. The van der Waals surface area contributed by atoms with Crippen LogP contribution in [0.5, 0.6) is 0 Å². The van der Waals surface area contributed by atoms with E-state index in [1.165, 1.54) is 12.1 Å². The maximum Gasteiger partial charge on any atom is 0.335 e. The molecule has 2 aromatic rings. The fraction of sp³-hybridized carbons (Fsp3) is 0.385. The van der Waals surface area contributed by atoms with E-state index in [1.54, 1.807) is 16.8 Å². The average Bonchev–Trinajstić information content (AvgIpc) is 2.80. The lowest BCUT2D eigenvalue weighted by Crippen LogP contribution is -2.25. The summed E-state index contributed by atoms with van der Waals surface area (Å²) in [5.41, 5.74) is 0.864. The van der Waals surface area contributed by atoms with Gasteiger partial charge in [-0.25, -0.2) is 18.2 Å². The Morgan fingerprint density at radius 2 is 2.25 bits per heavy atom. The molecule has 2 aromatic heterocycles. The summed E-state index contributed by atoms with van der Waals surface area (Å²) in [5.74, 6) is -0.0504.